The molecule has 0 radical (unpaired) electrons. The number of hydrogen-bond acceptors (Lipinski definition) is 15. The summed E-state index contributed by atoms with van der Waals surface area (Å²) in [6.07, 6.45) is 1.02. The van der Waals surface area contributed by atoms with Gasteiger partial charge in [0, 0.05) is 73.3 Å². The summed E-state index contributed by atoms with van der Waals surface area (Å²) < 4.78 is 9.80. The third-order valence-corrected chi connectivity index (χ3v) is 12.1. The molecule has 4 rings (SSSR count). The summed E-state index contributed by atoms with van der Waals surface area (Å²) in [5.74, 6) is -8.63. The molecule has 0 aromatic heterocycles. The fraction of sp³-hybridized carbons (Fsp3) is 0.389. The smallest absolute Gasteiger partial charge is 0.404 e. The normalized spacial score (nSPS) is 13.1. The van der Waals surface area contributed by atoms with Crippen molar-refractivity contribution < 1.29 is 71.8 Å². The van der Waals surface area contributed by atoms with Crippen molar-refractivity contribution in [3.05, 3.63) is 101 Å². The molecule has 82 heavy (non-hydrogen) atoms. The number of carbonyl (C=O) groups is 13. The highest BCUT2D eigenvalue weighted by Crippen LogP contribution is 2.20. The summed E-state index contributed by atoms with van der Waals surface area (Å²) in [5, 5.41) is 23.4. The van der Waals surface area contributed by atoms with E-state index in [1.807, 2.05) is 0 Å². The van der Waals surface area contributed by atoms with Gasteiger partial charge in [0.25, 0.3) is 23.6 Å². The first-order valence-electron chi connectivity index (χ1n) is 25.9. The van der Waals surface area contributed by atoms with Crippen LogP contribution >= 0.6 is 0 Å². The molecule has 3 aromatic rings. The van der Waals surface area contributed by atoms with Gasteiger partial charge in [-0.05, 0) is 91.1 Å². The number of anilines is 3. The molecule has 28 heteroatoms. The molecule has 3 aromatic carbocycles. The standard InChI is InChI=1S/C54H69N13O15/c1-29(2)44(50(76)63-39(8-6-21-58-52(55)78)48(74)61-36-14-10-32(11-15-36)27-81-31(5)68)65-46(72)34-24-35(26-38(25-34)60-41(69)20-23-67-42(70)18-19-43(67)71)47(73)66-45(30(3)4)51(77)64-40(9-7-22-59-53(56)79)49(75)62-37-16-12-33(13-17-37)28-82-54(57)80/h10-19,24-26,29-30,39-40,44-45H,6-9,20-23,27-28H2,1-5H3,(H2,57,80)(H,60,69)(H,61,74)(H,62,75)(H,63,76)(H,64,77)(H,65,72)(H,66,73)(H3,55,58,78)(H3,56,59,79). The van der Waals surface area contributed by atoms with Gasteiger partial charge in [0.15, 0.2) is 0 Å². The molecule has 0 aliphatic carbocycles. The number of amides is 14. The van der Waals surface area contributed by atoms with E-state index in [4.69, 9.17) is 26.7 Å². The molecule has 1 aliphatic heterocycles. The van der Waals surface area contributed by atoms with Crippen LogP contribution < -0.4 is 65.1 Å². The molecular weight excluding hydrogens is 1070 g/mol. The molecular formula is C54H69N13O15. The van der Waals surface area contributed by atoms with Gasteiger partial charge >= 0.3 is 24.1 Å². The zero-order chi connectivity index (χ0) is 60.6. The molecule has 0 saturated heterocycles. The van der Waals surface area contributed by atoms with Crippen LogP contribution in [-0.2, 0) is 61.0 Å². The number of imide groups is 1. The van der Waals surface area contributed by atoms with E-state index in [0.29, 0.717) is 22.5 Å². The number of nitrogens with two attached hydrogens (primary N) is 3. The Morgan fingerprint density at radius 1 is 0.524 bits per heavy atom. The van der Waals surface area contributed by atoms with Gasteiger partial charge in [0.1, 0.15) is 37.4 Å². The second kappa shape index (κ2) is 31.6. The SMILES string of the molecule is CC(=O)OCc1ccc(NC(=O)C(CCCNC(N)=O)NC(=O)C(NC(=O)c2cc(NC(=O)CCN3C(=O)C=CC3=O)cc(C(=O)NC(C(=O)NC(CCCNC(N)=O)C(=O)Nc3ccc(COC(N)=O)cc3)C(C)C)c2)C(C)C)cc1. The predicted molar refractivity (Wildman–Crippen MR) is 295 cm³/mol. The molecule has 1 aliphatic rings. The number of urea groups is 2. The number of nitrogens with one attached hydrogen (secondary N) is 9. The van der Waals surface area contributed by atoms with E-state index in [2.05, 4.69) is 47.9 Å². The zero-order valence-corrected chi connectivity index (χ0v) is 45.8. The highest BCUT2D eigenvalue weighted by Gasteiger charge is 2.32. The number of hydrogen-bond donors (Lipinski definition) is 12. The number of carbonyl (C=O) groups excluding carboxylic acids is 13. The molecule has 28 nitrogen and oxygen atoms in total. The van der Waals surface area contributed by atoms with E-state index in [9.17, 15) is 62.3 Å². The lowest BCUT2D eigenvalue weighted by atomic mass is 10.00. The van der Waals surface area contributed by atoms with E-state index < -0.39 is 120 Å². The number of ether oxygens (including phenoxy) is 2. The molecule has 0 spiro atoms. The predicted octanol–water partition coefficient (Wildman–Crippen LogP) is 1.25. The second-order valence-corrected chi connectivity index (χ2v) is 19.4. The summed E-state index contributed by atoms with van der Waals surface area (Å²) in [7, 11) is 0. The Morgan fingerprint density at radius 2 is 0.939 bits per heavy atom. The summed E-state index contributed by atoms with van der Waals surface area (Å²) >= 11 is 0. The quantitative estimate of drug-likeness (QED) is 0.0254. The van der Waals surface area contributed by atoms with Crippen LogP contribution in [-0.4, -0.2) is 126 Å². The third kappa shape index (κ3) is 21.7. The molecule has 15 N–H and O–H groups in total. The molecule has 1 heterocycles. The minimum Gasteiger partial charge on any atom is -0.461 e. The molecule has 4 unspecified atom stereocenters. The molecule has 0 fully saturated rings. The van der Waals surface area contributed by atoms with Crippen LogP contribution in [0.2, 0.25) is 0 Å². The fourth-order valence-electron chi connectivity index (χ4n) is 7.83. The Bertz CT molecular complexity index is 2720. The van der Waals surface area contributed by atoms with Gasteiger partial charge < -0.3 is 74.5 Å². The highest BCUT2D eigenvalue weighted by atomic mass is 16.5. The maximum atomic E-state index is 14.3. The minimum absolute atomic E-state index is 0.00350. The Kier molecular flexibility index (Phi) is 24.9. The lowest BCUT2D eigenvalue weighted by Crippen LogP contribution is -2.55. The average Bonchev–Trinajstić information content (AvgIpc) is 3.83. The number of rotatable bonds is 30. The molecule has 440 valence electrons. The van der Waals surface area contributed by atoms with E-state index in [0.717, 1.165) is 23.1 Å². The summed E-state index contributed by atoms with van der Waals surface area (Å²) in [5.41, 5.74) is 16.6. The summed E-state index contributed by atoms with van der Waals surface area (Å²) in [6, 6.07) is 9.23. The molecule has 14 amide bonds. The summed E-state index contributed by atoms with van der Waals surface area (Å²) in [4.78, 5) is 168. The monoisotopic (exact) mass is 1140 g/mol. The van der Waals surface area contributed by atoms with Crippen LogP contribution in [0.5, 0.6) is 0 Å². The fourth-order valence-corrected chi connectivity index (χ4v) is 7.83. The van der Waals surface area contributed by atoms with Crippen molar-refractivity contribution in [3.8, 4) is 0 Å². The van der Waals surface area contributed by atoms with Crippen molar-refractivity contribution in [2.24, 2.45) is 29.0 Å². The van der Waals surface area contributed by atoms with Crippen LogP contribution in [0, 0.1) is 11.8 Å². The zero-order valence-electron chi connectivity index (χ0n) is 45.8. The van der Waals surface area contributed by atoms with Gasteiger partial charge in [0.05, 0.1) is 0 Å². The average molecular weight is 1140 g/mol. The first kappa shape index (κ1) is 64.6. The van der Waals surface area contributed by atoms with Gasteiger partial charge in [-0.3, -0.25) is 52.8 Å². The van der Waals surface area contributed by atoms with E-state index in [1.54, 1.807) is 64.1 Å². The Balaban J connectivity index is 1.61. The van der Waals surface area contributed by atoms with E-state index >= 15 is 0 Å². The van der Waals surface area contributed by atoms with Crippen molar-refractivity contribution in [1.29, 1.82) is 0 Å². The van der Waals surface area contributed by atoms with Crippen molar-refractivity contribution in [2.45, 2.75) is 104 Å². The van der Waals surface area contributed by atoms with Crippen molar-refractivity contribution in [3.63, 3.8) is 0 Å². The minimum atomic E-state index is -1.35. The first-order chi connectivity index (χ1) is 38.8. The Labute approximate surface area is 471 Å². The lowest BCUT2D eigenvalue weighted by molar-refractivity contribution is -0.142. The van der Waals surface area contributed by atoms with E-state index in [1.165, 1.54) is 31.2 Å². The largest absolute Gasteiger partial charge is 0.461 e. The van der Waals surface area contributed by atoms with Crippen molar-refractivity contribution >= 4 is 94.4 Å². The van der Waals surface area contributed by atoms with Crippen LogP contribution in [0.3, 0.4) is 0 Å². The van der Waals surface area contributed by atoms with Crippen molar-refractivity contribution in [1.82, 2.24) is 36.8 Å². The number of primary amides is 3. The topological polar surface area (TPSA) is 430 Å². The maximum absolute atomic E-state index is 14.3. The van der Waals surface area contributed by atoms with Crippen LogP contribution in [0.4, 0.5) is 31.4 Å². The number of nitrogens with zero attached hydrogens (tertiary/aromatic N) is 1. The first-order valence-corrected chi connectivity index (χ1v) is 25.9. The van der Waals surface area contributed by atoms with Crippen LogP contribution in [0.15, 0.2) is 78.9 Å². The number of benzene rings is 3. The molecule has 0 saturated carbocycles. The van der Waals surface area contributed by atoms with Gasteiger partial charge in [-0.15, -0.1) is 0 Å². The van der Waals surface area contributed by atoms with Gasteiger partial charge in [-0.1, -0.05) is 52.0 Å². The van der Waals surface area contributed by atoms with Crippen molar-refractivity contribution in [2.75, 3.05) is 35.6 Å². The molecule has 4 atom stereocenters. The number of esters is 1. The van der Waals surface area contributed by atoms with Gasteiger partial charge in [0.2, 0.25) is 29.5 Å². The van der Waals surface area contributed by atoms with Gasteiger partial charge in [-0.25, -0.2) is 14.4 Å². The molecule has 0 bridgehead atoms. The highest BCUT2D eigenvalue weighted by molar-refractivity contribution is 6.13. The Morgan fingerprint density at radius 3 is 1.32 bits per heavy atom. The Hall–Kier alpha value is -9.89. The lowest BCUT2D eigenvalue weighted by Gasteiger charge is -2.26. The second-order valence-electron chi connectivity index (χ2n) is 19.4. The van der Waals surface area contributed by atoms with Crippen LogP contribution in [0.25, 0.3) is 0 Å². The van der Waals surface area contributed by atoms with E-state index in [-0.39, 0.29) is 75.3 Å². The van der Waals surface area contributed by atoms with Gasteiger partial charge in [-0.2, -0.15) is 0 Å². The third-order valence-electron chi connectivity index (χ3n) is 12.1. The maximum Gasteiger partial charge on any atom is 0.404 e. The van der Waals surface area contributed by atoms with Crippen LogP contribution in [0.1, 0.15) is 98.6 Å². The summed E-state index contributed by atoms with van der Waals surface area (Å²) in [6.45, 7) is 7.35.